The molecule has 112 valence electrons. The van der Waals surface area contributed by atoms with Crippen LogP contribution in [0, 0.1) is 6.92 Å². The number of aromatic nitrogens is 1. The largest absolute Gasteiger partial charge is 0.350 e. The molecule has 1 heterocycles. The van der Waals surface area contributed by atoms with Gasteiger partial charge < -0.3 is 10.2 Å². The first-order valence-corrected chi connectivity index (χ1v) is 7.59. The molecule has 0 saturated heterocycles. The van der Waals surface area contributed by atoms with E-state index in [2.05, 4.69) is 10.3 Å². The van der Waals surface area contributed by atoms with Gasteiger partial charge in [-0.05, 0) is 34.6 Å². The molecule has 0 spiro atoms. The van der Waals surface area contributed by atoms with E-state index in [1.807, 2.05) is 40.0 Å². The minimum absolute atomic E-state index is 0.0677. The molecule has 0 unspecified atom stereocenters. The van der Waals surface area contributed by atoms with Crippen LogP contribution in [0.1, 0.15) is 38.4 Å². The van der Waals surface area contributed by atoms with Gasteiger partial charge in [-0.3, -0.25) is 9.59 Å². The topological polar surface area (TPSA) is 62.3 Å². The summed E-state index contributed by atoms with van der Waals surface area (Å²) in [5.74, 6) is -0.205. The standard InChI is InChI=1S/C14H23N3O2S/c1-6-17(8-12(18)16-14(3,4)5)13(19)7-11-9-20-10(2)15-11/h9H,6-8H2,1-5H3,(H,16,18). The molecular weight excluding hydrogens is 274 g/mol. The van der Waals surface area contributed by atoms with Crippen LogP contribution in [-0.2, 0) is 16.0 Å². The van der Waals surface area contributed by atoms with E-state index in [4.69, 9.17) is 0 Å². The first kappa shape index (κ1) is 16.6. The van der Waals surface area contributed by atoms with Crippen molar-refractivity contribution in [1.82, 2.24) is 15.2 Å². The van der Waals surface area contributed by atoms with Gasteiger partial charge in [0.15, 0.2) is 0 Å². The molecular formula is C14H23N3O2S. The highest BCUT2D eigenvalue weighted by Crippen LogP contribution is 2.09. The maximum Gasteiger partial charge on any atom is 0.240 e. The Labute approximate surface area is 124 Å². The summed E-state index contributed by atoms with van der Waals surface area (Å²) in [5.41, 5.74) is 0.484. The van der Waals surface area contributed by atoms with Crippen LogP contribution < -0.4 is 5.32 Å². The number of hydrogen-bond donors (Lipinski definition) is 1. The number of nitrogens with one attached hydrogen (secondary N) is 1. The van der Waals surface area contributed by atoms with Crippen molar-refractivity contribution < 1.29 is 9.59 Å². The SMILES string of the molecule is CCN(CC(=O)NC(C)(C)C)C(=O)Cc1csc(C)n1. The predicted octanol–water partition coefficient (Wildman–Crippen LogP) is 1.76. The third kappa shape index (κ3) is 5.69. The van der Waals surface area contributed by atoms with E-state index in [9.17, 15) is 9.59 Å². The van der Waals surface area contributed by atoms with E-state index in [0.29, 0.717) is 6.54 Å². The summed E-state index contributed by atoms with van der Waals surface area (Å²) in [4.78, 5) is 29.9. The average Bonchev–Trinajstić information content (AvgIpc) is 2.69. The van der Waals surface area contributed by atoms with Crippen LogP contribution in [0.3, 0.4) is 0 Å². The number of aryl methyl sites for hydroxylation is 1. The van der Waals surface area contributed by atoms with Gasteiger partial charge in [0, 0.05) is 17.5 Å². The van der Waals surface area contributed by atoms with Gasteiger partial charge in [-0.1, -0.05) is 0 Å². The number of carbonyl (C=O) groups is 2. The van der Waals surface area contributed by atoms with Gasteiger partial charge >= 0.3 is 0 Å². The first-order chi connectivity index (χ1) is 9.21. The second-order valence-electron chi connectivity index (χ2n) is 5.74. The second kappa shape index (κ2) is 6.83. The van der Waals surface area contributed by atoms with Crippen LogP contribution in [0.4, 0.5) is 0 Å². The fourth-order valence-electron chi connectivity index (χ4n) is 1.76. The molecule has 0 saturated carbocycles. The molecule has 0 radical (unpaired) electrons. The fourth-order valence-corrected chi connectivity index (χ4v) is 2.38. The Kier molecular flexibility index (Phi) is 5.68. The molecule has 0 aliphatic carbocycles. The molecule has 1 N–H and O–H groups in total. The Bertz CT molecular complexity index is 477. The molecule has 0 fully saturated rings. The molecule has 0 aliphatic heterocycles. The van der Waals surface area contributed by atoms with Gasteiger partial charge in [0.2, 0.25) is 11.8 Å². The fraction of sp³-hybridized carbons (Fsp3) is 0.643. The van der Waals surface area contributed by atoms with E-state index in [1.165, 1.54) is 11.3 Å². The van der Waals surface area contributed by atoms with Crippen LogP contribution in [-0.4, -0.2) is 40.3 Å². The lowest BCUT2D eigenvalue weighted by Gasteiger charge is -2.25. The molecule has 0 aliphatic rings. The number of nitrogens with zero attached hydrogens (tertiary/aromatic N) is 2. The van der Waals surface area contributed by atoms with Crippen molar-refractivity contribution in [1.29, 1.82) is 0 Å². The molecule has 5 nitrogen and oxygen atoms in total. The molecule has 6 heteroatoms. The van der Waals surface area contributed by atoms with E-state index < -0.39 is 0 Å². The molecule has 0 aromatic carbocycles. The highest BCUT2D eigenvalue weighted by Gasteiger charge is 2.20. The van der Waals surface area contributed by atoms with Crippen LogP contribution in [0.2, 0.25) is 0 Å². The summed E-state index contributed by atoms with van der Waals surface area (Å²) in [6.07, 6.45) is 0.251. The van der Waals surface area contributed by atoms with Crippen molar-refractivity contribution in [2.24, 2.45) is 0 Å². The van der Waals surface area contributed by atoms with Crippen LogP contribution >= 0.6 is 11.3 Å². The van der Waals surface area contributed by atoms with E-state index in [1.54, 1.807) is 4.90 Å². The average molecular weight is 297 g/mol. The minimum atomic E-state index is -0.286. The number of rotatable bonds is 5. The Morgan fingerprint density at radius 3 is 2.50 bits per heavy atom. The summed E-state index contributed by atoms with van der Waals surface area (Å²) < 4.78 is 0. The number of thiazole rings is 1. The Balaban J connectivity index is 2.57. The Morgan fingerprint density at radius 2 is 2.05 bits per heavy atom. The van der Waals surface area contributed by atoms with Gasteiger partial charge in [0.05, 0.1) is 23.7 Å². The van der Waals surface area contributed by atoms with E-state index in [0.717, 1.165) is 10.7 Å². The maximum absolute atomic E-state index is 12.2. The second-order valence-corrected chi connectivity index (χ2v) is 6.80. The number of likely N-dealkylation sites (N-methyl/N-ethyl adjacent to an activating group) is 1. The summed E-state index contributed by atoms with van der Waals surface area (Å²) >= 11 is 1.53. The third-order valence-electron chi connectivity index (χ3n) is 2.58. The molecule has 0 atom stereocenters. The normalized spacial score (nSPS) is 11.2. The molecule has 1 aromatic rings. The van der Waals surface area contributed by atoms with Crippen molar-refractivity contribution in [3.05, 3.63) is 16.1 Å². The lowest BCUT2D eigenvalue weighted by Crippen LogP contribution is -2.47. The summed E-state index contributed by atoms with van der Waals surface area (Å²) in [7, 11) is 0. The van der Waals surface area contributed by atoms with Crippen molar-refractivity contribution in [2.45, 2.75) is 46.6 Å². The molecule has 2 amide bonds. The van der Waals surface area contributed by atoms with Crippen LogP contribution in [0.25, 0.3) is 0 Å². The Morgan fingerprint density at radius 1 is 1.40 bits per heavy atom. The zero-order chi connectivity index (χ0) is 15.3. The number of hydrogen-bond acceptors (Lipinski definition) is 4. The lowest BCUT2D eigenvalue weighted by atomic mass is 10.1. The lowest BCUT2D eigenvalue weighted by molar-refractivity contribution is -0.135. The van der Waals surface area contributed by atoms with Gasteiger partial charge in [0.1, 0.15) is 0 Å². The molecule has 1 aromatic heterocycles. The van der Waals surface area contributed by atoms with Gasteiger partial charge in [0.25, 0.3) is 0 Å². The van der Waals surface area contributed by atoms with Crippen LogP contribution in [0.15, 0.2) is 5.38 Å². The van der Waals surface area contributed by atoms with Crippen molar-refractivity contribution in [3.8, 4) is 0 Å². The number of amides is 2. The molecule has 1 rings (SSSR count). The van der Waals surface area contributed by atoms with Gasteiger partial charge in [-0.25, -0.2) is 4.98 Å². The minimum Gasteiger partial charge on any atom is -0.350 e. The van der Waals surface area contributed by atoms with Crippen LogP contribution in [0.5, 0.6) is 0 Å². The van der Waals surface area contributed by atoms with Crippen molar-refractivity contribution in [2.75, 3.05) is 13.1 Å². The predicted molar refractivity (Wildman–Crippen MR) is 80.7 cm³/mol. The third-order valence-corrected chi connectivity index (χ3v) is 3.40. The zero-order valence-electron chi connectivity index (χ0n) is 12.8. The summed E-state index contributed by atoms with van der Waals surface area (Å²) in [6.45, 7) is 10.1. The highest BCUT2D eigenvalue weighted by atomic mass is 32.1. The maximum atomic E-state index is 12.2. The highest BCUT2D eigenvalue weighted by molar-refractivity contribution is 7.09. The quantitative estimate of drug-likeness (QED) is 0.901. The van der Waals surface area contributed by atoms with Crippen molar-refractivity contribution >= 4 is 23.2 Å². The monoisotopic (exact) mass is 297 g/mol. The smallest absolute Gasteiger partial charge is 0.240 e. The zero-order valence-corrected chi connectivity index (χ0v) is 13.6. The Hall–Kier alpha value is -1.43. The van der Waals surface area contributed by atoms with E-state index >= 15 is 0 Å². The summed E-state index contributed by atoms with van der Waals surface area (Å²) in [5, 5.41) is 5.69. The first-order valence-electron chi connectivity index (χ1n) is 6.71. The van der Waals surface area contributed by atoms with Gasteiger partial charge in [-0.15, -0.1) is 11.3 Å². The van der Waals surface area contributed by atoms with Gasteiger partial charge in [-0.2, -0.15) is 0 Å². The summed E-state index contributed by atoms with van der Waals surface area (Å²) in [6, 6.07) is 0. The van der Waals surface area contributed by atoms with E-state index in [-0.39, 0.29) is 30.3 Å². The molecule has 20 heavy (non-hydrogen) atoms. The number of carbonyl (C=O) groups excluding carboxylic acids is 2. The van der Waals surface area contributed by atoms with Crippen molar-refractivity contribution in [3.63, 3.8) is 0 Å². The molecule has 0 bridgehead atoms.